The Hall–Kier alpha value is -1.84. The standard InChI is InChI=1S/C12H14N2O2/c1-7-5-8(2)10-9(6-7)11(15)14(3)12(13-10)16-4/h5-6H,1-4H3. The average molecular weight is 218 g/mol. The van der Waals surface area contributed by atoms with E-state index in [9.17, 15) is 4.79 Å². The number of nitrogens with zero attached hydrogens (tertiary/aromatic N) is 2. The van der Waals surface area contributed by atoms with Crippen molar-refractivity contribution in [1.29, 1.82) is 0 Å². The van der Waals surface area contributed by atoms with Gasteiger partial charge in [0, 0.05) is 7.05 Å². The Bertz CT molecular complexity index is 614. The van der Waals surface area contributed by atoms with Crippen molar-refractivity contribution in [3.05, 3.63) is 33.6 Å². The largest absolute Gasteiger partial charge is 0.468 e. The third kappa shape index (κ3) is 1.46. The molecule has 16 heavy (non-hydrogen) atoms. The molecule has 4 heteroatoms. The number of aryl methyl sites for hydroxylation is 2. The topological polar surface area (TPSA) is 44.1 Å². The lowest BCUT2D eigenvalue weighted by Crippen LogP contribution is -2.20. The van der Waals surface area contributed by atoms with Crippen LogP contribution in [0.5, 0.6) is 6.01 Å². The van der Waals surface area contributed by atoms with E-state index in [2.05, 4.69) is 4.98 Å². The van der Waals surface area contributed by atoms with Crippen LogP contribution in [0.4, 0.5) is 0 Å². The highest BCUT2D eigenvalue weighted by Gasteiger charge is 2.10. The van der Waals surface area contributed by atoms with Crippen molar-refractivity contribution in [3.63, 3.8) is 0 Å². The smallest absolute Gasteiger partial charge is 0.299 e. The minimum Gasteiger partial charge on any atom is -0.468 e. The number of fused-ring (bicyclic) bond motifs is 1. The summed E-state index contributed by atoms with van der Waals surface area (Å²) in [5.41, 5.74) is 2.69. The number of hydrogen-bond donors (Lipinski definition) is 0. The second kappa shape index (κ2) is 3.63. The van der Waals surface area contributed by atoms with Gasteiger partial charge >= 0.3 is 0 Å². The van der Waals surface area contributed by atoms with Crippen LogP contribution in [0.2, 0.25) is 0 Å². The Morgan fingerprint density at radius 3 is 2.62 bits per heavy atom. The van der Waals surface area contributed by atoms with Gasteiger partial charge in [0.1, 0.15) is 0 Å². The summed E-state index contributed by atoms with van der Waals surface area (Å²) in [4.78, 5) is 16.4. The molecule has 2 rings (SSSR count). The average Bonchev–Trinajstić information content (AvgIpc) is 2.24. The van der Waals surface area contributed by atoms with Crippen molar-refractivity contribution >= 4 is 10.9 Å². The SMILES string of the molecule is COc1nc2c(C)cc(C)cc2c(=O)n1C. The summed E-state index contributed by atoms with van der Waals surface area (Å²) in [6, 6.07) is 4.20. The van der Waals surface area contributed by atoms with Crippen molar-refractivity contribution in [2.75, 3.05) is 7.11 Å². The maximum Gasteiger partial charge on any atom is 0.299 e. The molecule has 0 unspecified atom stereocenters. The lowest BCUT2D eigenvalue weighted by molar-refractivity contribution is 0.359. The van der Waals surface area contributed by atoms with Crippen molar-refractivity contribution in [2.45, 2.75) is 13.8 Å². The van der Waals surface area contributed by atoms with Crippen LogP contribution >= 0.6 is 0 Å². The van der Waals surface area contributed by atoms with Gasteiger partial charge in [-0.2, -0.15) is 4.98 Å². The molecule has 2 aromatic rings. The quantitative estimate of drug-likeness (QED) is 0.729. The number of hydrogen-bond acceptors (Lipinski definition) is 3. The van der Waals surface area contributed by atoms with E-state index < -0.39 is 0 Å². The fourth-order valence-electron chi connectivity index (χ4n) is 1.89. The molecule has 0 N–H and O–H groups in total. The molecule has 0 spiro atoms. The minimum absolute atomic E-state index is 0.0753. The maximum atomic E-state index is 12.1. The van der Waals surface area contributed by atoms with Crippen LogP contribution in [0.1, 0.15) is 11.1 Å². The van der Waals surface area contributed by atoms with E-state index in [1.807, 2.05) is 26.0 Å². The highest BCUT2D eigenvalue weighted by atomic mass is 16.5. The zero-order valence-electron chi connectivity index (χ0n) is 9.87. The molecule has 0 radical (unpaired) electrons. The summed E-state index contributed by atoms with van der Waals surface area (Å²) >= 11 is 0. The van der Waals surface area contributed by atoms with Crippen LogP contribution in [0.25, 0.3) is 10.9 Å². The van der Waals surface area contributed by atoms with E-state index in [-0.39, 0.29) is 5.56 Å². The molecule has 0 aliphatic rings. The Morgan fingerprint density at radius 1 is 1.31 bits per heavy atom. The summed E-state index contributed by atoms with van der Waals surface area (Å²) in [7, 11) is 3.17. The predicted octanol–water partition coefficient (Wildman–Crippen LogP) is 1.56. The van der Waals surface area contributed by atoms with Gasteiger partial charge < -0.3 is 4.74 Å². The minimum atomic E-state index is -0.0753. The van der Waals surface area contributed by atoms with Crippen LogP contribution in [0.15, 0.2) is 16.9 Å². The predicted molar refractivity (Wildman–Crippen MR) is 63.0 cm³/mol. The zero-order chi connectivity index (χ0) is 11.9. The van der Waals surface area contributed by atoms with E-state index in [4.69, 9.17) is 4.74 Å². The van der Waals surface area contributed by atoms with Gasteiger partial charge in [-0.05, 0) is 31.0 Å². The first-order chi connectivity index (χ1) is 7.54. The number of methoxy groups -OCH3 is 1. The van der Waals surface area contributed by atoms with Crippen LogP contribution in [0, 0.1) is 13.8 Å². The molecule has 0 amide bonds. The highest BCUT2D eigenvalue weighted by Crippen LogP contribution is 2.17. The van der Waals surface area contributed by atoms with Crippen LogP contribution < -0.4 is 10.3 Å². The molecule has 1 heterocycles. The first-order valence-electron chi connectivity index (χ1n) is 5.06. The van der Waals surface area contributed by atoms with Gasteiger partial charge in [0.25, 0.3) is 11.6 Å². The van der Waals surface area contributed by atoms with E-state index in [1.165, 1.54) is 11.7 Å². The summed E-state index contributed by atoms with van der Waals surface area (Å²) < 4.78 is 6.49. The Balaban J connectivity index is 2.99. The molecule has 0 saturated heterocycles. The van der Waals surface area contributed by atoms with Gasteiger partial charge in [0.05, 0.1) is 18.0 Å². The van der Waals surface area contributed by atoms with Gasteiger partial charge in [-0.15, -0.1) is 0 Å². The van der Waals surface area contributed by atoms with Crippen molar-refractivity contribution in [1.82, 2.24) is 9.55 Å². The maximum absolute atomic E-state index is 12.1. The van der Waals surface area contributed by atoms with Gasteiger partial charge in [-0.3, -0.25) is 9.36 Å². The third-order valence-corrected chi connectivity index (χ3v) is 2.66. The second-order valence-corrected chi connectivity index (χ2v) is 3.94. The fraction of sp³-hybridized carbons (Fsp3) is 0.333. The molecule has 0 atom stereocenters. The van der Waals surface area contributed by atoms with Gasteiger partial charge in [0.2, 0.25) is 0 Å². The number of aromatic nitrogens is 2. The molecular weight excluding hydrogens is 204 g/mol. The summed E-state index contributed by atoms with van der Waals surface area (Å²) in [5, 5.41) is 0.640. The molecule has 0 aliphatic heterocycles. The van der Waals surface area contributed by atoms with Crippen LogP contribution in [-0.2, 0) is 7.05 Å². The highest BCUT2D eigenvalue weighted by molar-refractivity contribution is 5.81. The van der Waals surface area contributed by atoms with Gasteiger partial charge in [-0.25, -0.2) is 0 Å². The molecule has 0 aliphatic carbocycles. The summed E-state index contributed by atoms with van der Waals surface area (Å²) in [5.74, 6) is 0. The van der Waals surface area contributed by atoms with E-state index in [0.29, 0.717) is 16.9 Å². The van der Waals surface area contributed by atoms with Crippen molar-refractivity contribution in [2.24, 2.45) is 7.05 Å². The molecule has 0 bridgehead atoms. The monoisotopic (exact) mass is 218 g/mol. The lowest BCUT2D eigenvalue weighted by Gasteiger charge is -2.09. The molecule has 0 fully saturated rings. The van der Waals surface area contributed by atoms with Crippen molar-refractivity contribution < 1.29 is 4.74 Å². The molecule has 1 aromatic heterocycles. The first kappa shape index (κ1) is 10.7. The number of ether oxygens (including phenoxy) is 1. The first-order valence-corrected chi connectivity index (χ1v) is 5.06. The fourth-order valence-corrected chi connectivity index (χ4v) is 1.89. The normalized spacial score (nSPS) is 10.8. The molecule has 4 nitrogen and oxygen atoms in total. The van der Waals surface area contributed by atoms with Gasteiger partial charge in [0.15, 0.2) is 0 Å². The van der Waals surface area contributed by atoms with Gasteiger partial charge in [-0.1, -0.05) is 6.07 Å². The Labute approximate surface area is 93.5 Å². The zero-order valence-corrected chi connectivity index (χ0v) is 9.87. The van der Waals surface area contributed by atoms with E-state index in [1.54, 1.807) is 7.05 Å². The second-order valence-electron chi connectivity index (χ2n) is 3.94. The van der Waals surface area contributed by atoms with E-state index >= 15 is 0 Å². The molecule has 1 aromatic carbocycles. The number of benzene rings is 1. The third-order valence-electron chi connectivity index (χ3n) is 2.66. The number of rotatable bonds is 1. The Kier molecular flexibility index (Phi) is 2.42. The van der Waals surface area contributed by atoms with Crippen LogP contribution in [-0.4, -0.2) is 16.7 Å². The van der Waals surface area contributed by atoms with E-state index in [0.717, 1.165) is 11.1 Å². The summed E-state index contributed by atoms with van der Waals surface area (Å²) in [6.45, 7) is 3.91. The van der Waals surface area contributed by atoms with Crippen LogP contribution in [0.3, 0.4) is 0 Å². The molecule has 0 saturated carbocycles. The molecule has 84 valence electrons. The lowest BCUT2D eigenvalue weighted by atomic mass is 10.1. The Morgan fingerprint density at radius 2 is 2.00 bits per heavy atom. The summed E-state index contributed by atoms with van der Waals surface area (Å²) in [6.07, 6.45) is 0. The molecular formula is C12H14N2O2. The van der Waals surface area contributed by atoms with Crippen molar-refractivity contribution in [3.8, 4) is 6.01 Å².